The first-order valence-electron chi connectivity index (χ1n) is 9.73. The molecule has 4 rings (SSSR count). The van der Waals surface area contributed by atoms with Crippen LogP contribution in [0.1, 0.15) is 29.3 Å². The van der Waals surface area contributed by atoms with Crippen molar-refractivity contribution in [2.45, 2.75) is 26.8 Å². The molecule has 0 aromatic heterocycles. The molecule has 7 heteroatoms. The number of amides is 1. The van der Waals surface area contributed by atoms with Crippen molar-refractivity contribution in [3.8, 4) is 16.9 Å². The highest BCUT2D eigenvalue weighted by Gasteiger charge is 2.24. The number of fused-ring (bicyclic) bond motifs is 1. The largest absolute Gasteiger partial charge is 0.353 e. The number of benzene rings is 2. The van der Waals surface area contributed by atoms with Crippen molar-refractivity contribution < 1.29 is 4.79 Å². The summed E-state index contributed by atoms with van der Waals surface area (Å²) in [5, 5.41) is 7.43. The third-order valence-corrected chi connectivity index (χ3v) is 5.76. The average Bonchev–Trinajstić information content (AvgIpc) is 3.08. The summed E-state index contributed by atoms with van der Waals surface area (Å²) in [6, 6.07) is 14.8. The summed E-state index contributed by atoms with van der Waals surface area (Å²) in [6.45, 7) is 4.71. The van der Waals surface area contributed by atoms with Crippen molar-refractivity contribution in [1.82, 2.24) is 14.3 Å². The molecular weight excluding hydrogens is 444 g/mol. The number of carbonyl (C=O) groups excluding carboxylic acids is 1. The number of hydrogen-bond acceptors (Lipinski definition) is 3. The van der Waals surface area contributed by atoms with E-state index in [0.29, 0.717) is 34.7 Å². The van der Waals surface area contributed by atoms with E-state index in [1.807, 2.05) is 66.9 Å². The number of aryl methyl sites for hydroxylation is 2. The van der Waals surface area contributed by atoms with E-state index in [1.165, 1.54) is 4.68 Å². The fraction of sp³-hybridized carbons (Fsp3) is 0.174. The first-order valence-corrected chi connectivity index (χ1v) is 10.5. The molecule has 0 spiro atoms. The topological polar surface area (TPSA) is 68.9 Å². The lowest BCUT2D eigenvalue weighted by atomic mass is 10.1. The molecule has 0 unspecified atom stereocenters. The van der Waals surface area contributed by atoms with Crippen molar-refractivity contribution in [1.29, 1.82) is 0 Å². The molecule has 30 heavy (non-hydrogen) atoms. The molecule has 2 heterocycles. The Bertz CT molecular complexity index is 1240. The lowest BCUT2D eigenvalue weighted by molar-refractivity contribution is 0.102. The quantitative estimate of drug-likeness (QED) is 0.457. The number of pyridine rings is 1. The Morgan fingerprint density at radius 1 is 1.13 bits per heavy atom. The molecule has 0 fully saturated rings. The fourth-order valence-corrected chi connectivity index (χ4v) is 3.63. The summed E-state index contributed by atoms with van der Waals surface area (Å²) in [7, 11) is 0. The second-order valence-electron chi connectivity index (χ2n) is 7.14. The first-order chi connectivity index (χ1) is 14.5. The predicted octanol–water partition coefficient (Wildman–Crippen LogP) is 4.87. The minimum Gasteiger partial charge on any atom is -0.353 e. The zero-order valence-electron chi connectivity index (χ0n) is 16.7. The zero-order chi connectivity index (χ0) is 21.3. The van der Waals surface area contributed by atoms with Crippen LogP contribution in [0.5, 0.6) is 0 Å². The van der Waals surface area contributed by atoms with Crippen LogP contribution >= 0.6 is 15.9 Å². The monoisotopic (exact) mass is 464 g/mol. The van der Waals surface area contributed by atoms with E-state index in [4.69, 9.17) is 0 Å². The van der Waals surface area contributed by atoms with Gasteiger partial charge in [-0.15, -0.1) is 0 Å². The highest BCUT2D eigenvalue weighted by atomic mass is 79.9. The molecule has 1 amide bonds. The Hall–Kier alpha value is -3.19. The fourth-order valence-electron chi connectivity index (χ4n) is 3.38. The molecule has 152 valence electrons. The predicted molar refractivity (Wildman–Crippen MR) is 122 cm³/mol. The summed E-state index contributed by atoms with van der Waals surface area (Å²) in [5.41, 5.74) is 3.31. The van der Waals surface area contributed by atoms with Gasteiger partial charge in [0, 0.05) is 29.1 Å². The number of hydrogen-bond donors (Lipinski definition) is 1. The second kappa shape index (κ2) is 8.28. The average molecular weight is 465 g/mol. The van der Waals surface area contributed by atoms with Gasteiger partial charge in [0.05, 0.1) is 16.8 Å². The summed E-state index contributed by atoms with van der Waals surface area (Å²) in [4.78, 5) is 26.2. The number of para-hydroxylation sites is 1. The minimum absolute atomic E-state index is 0.241. The molecule has 0 saturated heterocycles. The van der Waals surface area contributed by atoms with Crippen molar-refractivity contribution in [2.24, 2.45) is 0 Å². The maximum atomic E-state index is 13.2. The number of carbonyl (C=O) groups is 1. The number of nitrogens with one attached hydrogen (secondary N) is 1. The maximum absolute atomic E-state index is 13.2. The number of nitrogens with zero attached hydrogens (tertiary/aromatic N) is 3. The lowest BCUT2D eigenvalue weighted by Crippen LogP contribution is -2.17. The molecule has 0 bridgehead atoms. The van der Waals surface area contributed by atoms with Crippen molar-refractivity contribution >= 4 is 27.5 Å². The molecular formula is C23H21BrN4O2. The summed E-state index contributed by atoms with van der Waals surface area (Å²) in [6.07, 6.45) is 4.41. The molecule has 1 N–H and O–H groups in total. The van der Waals surface area contributed by atoms with Crippen LogP contribution in [-0.2, 0) is 6.54 Å². The van der Waals surface area contributed by atoms with E-state index in [2.05, 4.69) is 26.3 Å². The Morgan fingerprint density at radius 3 is 2.60 bits per heavy atom. The molecule has 0 radical (unpaired) electrons. The minimum atomic E-state index is -0.301. The standard InChI is InChI=1S/C23H21BrN4O2/c1-3-11-27-13-18(22(29)25-16-9-10-20(24)15(2)12-16)21-19(14-27)23(30)28(26-21)17-7-5-4-6-8-17/h4-10,12-14H,3,11H2,1-2H3,(H,25,29). The highest BCUT2D eigenvalue weighted by molar-refractivity contribution is 9.10. The van der Waals surface area contributed by atoms with Crippen LogP contribution in [0.2, 0.25) is 0 Å². The smallest absolute Gasteiger partial charge is 0.282 e. The van der Waals surface area contributed by atoms with Gasteiger partial charge in [-0.05, 0) is 49.2 Å². The summed E-state index contributed by atoms with van der Waals surface area (Å²) in [5.74, 6) is -0.301. The van der Waals surface area contributed by atoms with E-state index in [0.717, 1.165) is 16.5 Å². The number of aromatic nitrogens is 3. The summed E-state index contributed by atoms with van der Waals surface area (Å²) >= 11 is 3.47. The van der Waals surface area contributed by atoms with Gasteiger partial charge in [0.1, 0.15) is 5.69 Å². The molecule has 0 saturated carbocycles. The van der Waals surface area contributed by atoms with Crippen LogP contribution in [0.25, 0.3) is 16.9 Å². The van der Waals surface area contributed by atoms with Gasteiger partial charge in [0.25, 0.3) is 11.5 Å². The number of rotatable bonds is 5. The molecule has 2 aromatic carbocycles. The van der Waals surface area contributed by atoms with Crippen LogP contribution in [-0.4, -0.2) is 20.3 Å². The SMILES string of the molecule is CCCn1cc(C(=O)Nc2ccc(Br)c(C)c2)c2nn(-c3ccccc3)c(=O)c-2c1. The van der Waals surface area contributed by atoms with Crippen molar-refractivity contribution in [3.05, 3.63) is 86.9 Å². The zero-order valence-corrected chi connectivity index (χ0v) is 18.3. The van der Waals surface area contributed by atoms with Crippen LogP contribution in [0.15, 0.2) is 70.2 Å². The van der Waals surface area contributed by atoms with Gasteiger partial charge in [-0.3, -0.25) is 9.59 Å². The van der Waals surface area contributed by atoms with Gasteiger partial charge < -0.3 is 9.88 Å². The molecule has 2 aliphatic rings. The molecule has 2 aliphatic heterocycles. The Morgan fingerprint density at radius 2 is 1.90 bits per heavy atom. The molecule has 0 aliphatic carbocycles. The van der Waals surface area contributed by atoms with Gasteiger partial charge in [-0.25, -0.2) is 0 Å². The third-order valence-electron chi connectivity index (χ3n) is 4.87. The van der Waals surface area contributed by atoms with Gasteiger partial charge in [-0.1, -0.05) is 41.1 Å². The molecule has 2 aromatic rings. The van der Waals surface area contributed by atoms with E-state index in [-0.39, 0.29) is 11.5 Å². The van der Waals surface area contributed by atoms with Crippen LogP contribution < -0.4 is 10.9 Å². The van der Waals surface area contributed by atoms with E-state index >= 15 is 0 Å². The Balaban J connectivity index is 1.82. The second-order valence-corrected chi connectivity index (χ2v) is 8.00. The third kappa shape index (κ3) is 3.80. The van der Waals surface area contributed by atoms with Crippen LogP contribution in [0, 0.1) is 6.92 Å². The Labute approximate surface area is 182 Å². The van der Waals surface area contributed by atoms with Crippen LogP contribution in [0.3, 0.4) is 0 Å². The maximum Gasteiger partial charge on any atom is 0.282 e. The van der Waals surface area contributed by atoms with Gasteiger partial charge in [0.2, 0.25) is 0 Å². The van der Waals surface area contributed by atoms with E-state index in [1.54, 1.807) is 12.4 Å². The van der Waals surface area contributed by atoms with E-state index in [9.17, 15) is 9.59 Å². The highest BCUT2D eigenvalue weighted by Crippen LogP contribution is 2.25. The van der Waals surface area contributed by atoms with Crippen molar-refractivity contribution in [2.75, 3.05) is 5.32 Å². The molecule has 6 nitrogen and oxygen atoms in total. The van der Waals surface area contributed by atoms with Gasteiger partial charge in [0.15, 0.2) is 0 Å². The number of halogens is 1. The molecule has 0 atom stereocenters. The van der Waals surface area contributed by atoms with Crippen LogP contribution in [0.4, 0.5) is 5.69 Å². The van der Waals surface area contributed by atoms with Crippen molar-refractivity contribution in [3.63, 3.8) is 0 Å². The van der Waals surface area contributed by atoms with E-state index < -0.39 is 0 Å². The van der Waals surface area contributed by atoms with Gasteiger partial charge >= 0.3 is 0 Å². The first kappa shape index (κ1) is 20.1. The number of anilines is 1. The normalized spacial score (nSPS) is 11.0. The van der Waals surface area contributed by atoms with Gasteiger partial charge in [-0.2, -0.15) is 9.78 Å². The summed E-state index contributed by atoms with van der Waals surface area (Å²) < 4.78 is 4.20. The Kier molecular flexibility index (Phi) is 5.55. The lowest BCUT2D eigenvalue weighted by Gasteiger charge is -2.12.